The third kappa shape index (κ3) is 3.23. The molecule has 0 saturated carbocycles. The summed E-state index contributed by atoms with van der Waals surface area (Å²) in [4.78, 5) is 11.8. The minimum Gasteiger partial charge on any atom is -0.368 e. The summed E-state index contributed by atoms with van der Waals surface area (Å²) in [5, 5.41) is 8.74. The summed E-state index contributed by atoms with van der Waals surface area (Å²) in [6, 6.07) is -1.71. The Morgan fingerprint density at radius 2 is 2.13 bits per heavy atom. The number of fused-ring (bicyclic) bond motifs is 1. The van der Waals surface area contributed by atoms with Crippen LogP contribution in [0.2, 0.25) is 0 Å². The number of carbonyl (C=O) groups is 1. The highest BCUT2D eigenvalue weighted by Gasteiger charge is 2.64. The van der Waals surface area contributed by atoms with Gasteiger partial charge in [-0.05, 0) is 13.3 Å². The van der Waals surface area contributed by atoms with Gasteiger partial charge < -0.3 is 16.4 Å². The Balaban J connectivity index is 2.37. The monoisotopic (exact) mass is 341 g/mol. The maximum absolute atomic E-state index is 13.8. The van der Waals surface area contributed by atoms with Gasteiger partial charge in [0, 0.05) is 25.2 Å². The lowest BCUT2D eigenvalue weighted by atomic mass is 9.99. The molecule has 2 heterocycles. The first-order valence-corrected chi connectivity index (χ1v) is 6.86. The van der Waals surface area contributed by atoms with Crippen molar-refractivity contribution in [1.82, 2.24) is 15.1 Å². The lowest BCUT2D eigenvalue weighted by Crippen LogP contribution is -2.48. The summed E-state index contributed by atoms with van der Waals surface area (Å²) in [5.41, 5.74) is 4.97. The van der Waals surface area contributed by atoms with Crippen molar-refractivity contribution in [2.75, 3.05) is 18.4 Å². The molecule has 1 aliphatic heterocycles. The summed E-state index contributed by atoms with van der Waals surface area (Å²) in [6.07, 6.45) is -6.19. The fourth-order valence-corrected chi connectivity index (χ4v) is 2.36. The molecule has 6 nitrogen and oxygen atoms in total. The summed E-state index contributed by atoms with van der Waals surface area (Å²) >= 11 is 0. The van der Waals surface area contributed by atoms with Crippen molar-refractivity contribution in [2.45, 2.75) is 37.5 Å². The van der Waals surface area contributed by atoms with E-state index >= 15 is 0 Å². The number of nitrogens with one attached hydrogen (secondary N) is 2. The van der Waals surface area contributed by atoms with Crippen molar-refractivity contribution >= 4 is 11.7 Å². The number of halogens is 5. The van der Waals surface area contributed by atoms with Crippen LogP contribution in [0.1, 0.15) is 29.9 Å². The first-order chi connectivity index (χ1) is 10.6. The Morgan fingerprint density at radius 1 is 1.48 bits per heavy atom. The number of nitrogens with two attached hydrogens (primary N) is 1. The van der Waals surface area contributed by atoms with E-state index in [0.717, 1.165) is 6.07 Å². The highest BCUT2D eigenvalue weighted by molar-refractivity contribution is 5.93. The van der Waals surface area contributed by atoms with Crippen LogP contribution in [0.3, 0.4) is 0 Å². The lowest BCUT2D eigenvalue weighted by Gasteiger charge is -2.35. The molecular weight excluding hydrogens is 325 g/mol. The van der Waals surface area contributed by atoms with Gasteiger partial charge in [-0.1, -0.05) is 0 Å². The number of hydrogen-bond acceptors (Lipinski definition) is 4. The highest BCUT2D eigenvalue weighted by atomic mass is 19.4. The molecule has 0 radical (unpaired) electrons. The molecule has 2 unspecified atom stereocenters. The summed E-state index contributed by atoms with van der Waals surface area (Å²) in [5.74, 6) is -5.72. The maximum Gasteiger partial charge on any atom is 0.455 e. The van der Waals surface area contributed by atoms with Gasteiger partial charge in [0.2, 0.25) is 0 Å². The molecule has 1 amide bonds. The van der Waals surface area contributed by atoms with Gasteiger partial charge in [0.1, 0.15) is 11.9 Å². The zero-order valence-corrected chi connectivity index (χ0v) is 12.1. The molecule has 0 saturated heterocycles. The SMILES string of the molecule is CC1CC(C(F)(F)C(F)(F)F)n2nc(C(=O)NCCN)cc2N1. The number of alkyl halides is 5. The smallest absolute Gasteiger partial charge is 0.368 e. The van der Waals surface area contributed by atoms with Gasteiger partial charge in [0.15, 0.2) is 5.69 Å². The van der Waals surface area contributed by atoms with Crippen LogP contribution in [-0.4, -0.2) is 46.9 Å². The van der Waals surface area contributed by atoms with E-state index in [4.69, 9.17) is 5.73 Å². The number of aromatic nitrogens is 2. The molecule has 0 fully saturated rings. The normalized spacial score (nSPS) is 21.5. The molecule has 11 heteroatoms. The van der Waals surface area contributed by atoms with Crippen LogP contribution >= 0.6 is 0 Å². The van der Waals surface area contributed by atoms with Crippen molar-refractivity contribution in [3.63, 3.8) is 0 Å². The van der Waals surface area contributed by atoms with Crippen LogP contribution in [0.15, 0.2) is 6.07 Å². The predicted molar refractivity (Wildman–Crippen MR) is 71.4 cm³/mol. The van der Waals surface area contributed by atoms with Crippen molar-refractivity contribution in [1.29, 1.82) is 0 Å². The van der Waals surface area contributed by atoms with Crippen LogP contribution in [-0.2, 0) is 0 Å². The van der Waals surface area contributed by atoms with E-state index in [0.29, 0.717) is 4.68 Å². The first-order valence-electron chi connectivity index (χ1n) is 6.86. The third-order valence-corrected chi connectivity index (χ3v) is 3.46. The Bertz CT molecular complexity index is 585. The van der Waals surface area contributed by atoms with Crippen LogP contribution in [0.25, 0.3) is 0 Å². The maximum atomic E-state index is 13.8. The second kappa shape index (κ2) is 5.95. The van der Waals surface area contributed by atoms with Gasteiger partial charge in [0.25, 0.3) is 5.91 Å². The van der Waals surface area contributed by atoms with E-state index in [1.54, 1.807) is 0 Å². The molecule has 0 aromatic carbocycles. The molecule has 1 aromatic rings. The standard InChI is InChI=1S/C12H16F5N5O/c1-6-4-8(11(13,14)12(15,16)17)22-9(20-6)5-7(21-22)10(23)19-3-2-18/h5-6,8,20H,2-4,18H2,1H3,(H,19,23). The Labute approximate surface area is 128 Å². The van der Waals surface area contributed by atoms with Gasteiger partial charge >= 0.3 is 12.1 Å². The number of rotatable bonds is 4. The van der Waals surface area contributed by atoms with E-state index < -0.39 is 36.5 Å². The van der Waals surface area contributed by atoms with Crippen molar-refractivity contribution in [3.05, 3.63) is 11.8 Å². The summed E-state index contributed by atoms with van der Waals surface area (Å²) in [7, 11) is 0. The van der Waals surface area contributed by atoms with Gasteiger partial charge in [-0.15, -0.1) is 0 Å². The lowest BCUT2D eigenvalue weighted by molar-refractivity contribution is -0.301. The molecule has 23 heavy (non-hydrogen) atoms. The predicted octanol–water partition coefficient (Wildman–Crippen LogP) is 1.51. The van der Waals surface area contributed by atoms with Gasteiger partial charge in [-0.2, -0.15) is 27.1 Å². The van der Waals surface area contributed by atoms with Crippen molar-refractivity contribution < 1.29 is 26.7 Å². The molecule has 130 valence electrons. The van der Waals surface area contributed by atoms with Crippen molar-refractivity contribution in [2.24, 2.45) is 5.73 Å². The number of hydrogen-bond donors (Lipinski definition) is 3. The van der Waals surface area contributed by atoms with Crippen LogP contribution in [0, 0.1) is 0 Å². The number of carbonyl (C=O) groups excluding carboxylic acids is 1. The second-order valence-electron chi connectivity index (χ2n) is 5.32. The molecule has 2 rings (SSSR count). The molecule has 0 bridgehead atoms. The van der Waals surface area contributed by atoms with Gasteiger partial charge in [0.05, 0.1) is 0 Å². The molecule has 0 spiro atoms. The highest BCUT2D eigenvalue weighted by Crippen LogP contribution is 2.47. The largest absolute Gasteiger partial charge is 0.455 e. The quantitative estimate of drug-likeness (QED) is 0.725. The molecule has 4 N–H and O–H groups in total. The fraction of sp³-hybridized carbons (Fsp3) is 0.667. The van der Waals surface area contributed by atoms with Crippen molar-refractivity contribution in [3.8, 4) is 0 Å². The van der Waals surface area contributed by atoms with Gasteiger partial charge in [-0.3, -0.25) is 4.79 Å². The summed E-state index contributed by atoms with van der Waals surface area (Å²) < 4.78 is 66.0. The Kier molecular flexibility index (Phi) is 4.51. The molecule has 1 aromatic heterocycles. The zero-order chi connectivity index (χ0) is 17.4. The molecule has 1 aliphatic rings. The number of amides is 1. The van der Waals surface area contributed by atoms with E-state index in [-0.39, 0.29) is 24.6 Å². The minimum absolute atomic E-state index is 0.0597. The van der Waals surface area contributed by atoms with E-state index in [1.807, 2.05) is 0 Å². The minimum atomic E-state index is -5.71. The van der Waals surface area contributed by atoms with Crippen LogP contribution in [0.4, 0.5) is 27.8 Å². The molecule has 0 aliphatic carbocycles. The Hall–Kier alpha value is -1.91. The van der Waals surface area contributed by atoms with Crippen LogP contribution in [0.5, 0.6) is 0 Å². The molecular formula is C12H16F5N5O. The van der Waals surface area contributed by atoms with E-state index in [2.05, 4.69) is 15.7 Å². The molecule has 2 atom stereocenters. The van der Waals surface area contributed by atoms with E-state index in [1.165, 1.54) is 6.92 Å². The Morgan fingerprint density at radius 3 is 2.70 bits per heavy atom. The topological polar surface area (TPSA) is 85.0 Å². The summed E-state index contributed by atoms with van der Waals surface area (Å²) in [6.45, 7) is 1.76. The second-order valence-corrected chi connectivity index (χ2v) is 5.32. The van der Waals surface area contributed by atoms with E-state index in [9.17, 15) is 26.7 Å². The third-order valence-electron chi connectivity index (χ3n) is 3.46. The van der Waals surface area contributed by atoms with Crippen LogP contribution < -0.4 is 16.4 Å². The average Bonchev–Trinajstić information content (AvgIpc) is 2.86. The fourth-order valence-electron chi connectivity index (χ4n) is 2.36. The zero-order valence-electron chi connectivity index (χ0n) is 12.1. The average molecular weight is 341 g/mol. The number of anilines is 1. The van der Waals surface area contributed by atoms with Gasteiger partial charge in [-0.25, -0.2) is 4.68 Å². The number of nitrogens with zero attached hydrogens (tertiary/aromatic N) is 2. The first kappa shape index (κ1) is 17.4.